The highest BCUT2D eigenvalue weighted by molar-refractivity contribution is 6.31. The van der Waals surface area contributed by atoms with Gasteiger partial charge in [0.1, 0.15) is 0 Å². The van der Waals surface area contributed by atoms with E-state index < -0.39 is 6.10 Å². The number of aromatic nitrogens is 3. The van der Waals surface area contributed by atoms with Gasteiger partial charge in [-0.15, -0.1) is 0 Å². The van der Waals surface area contributed by atoms with Gasteiger partial charge in [0.25, 0.3) is 0 Å². The van der Waals surface area contributed by atoms with Crippen LogP contribution in [0.15, 0.2) is 18.3 Å². The van der Waals surface area contributed by atoms with Crippen LogP contribution in [0.2, 0.25) is 5.02 Å². The molecule has 1 atom stereocenters. The van der Waals surface area contributed by atoms with Gasteiger partial charge in [0.2, 0.25) is 0 Å². The molecule has 20 heavy (non-hydrogen) atoms. The summed E-state index contributed by atoms with van der Waals surface area (Å²) in [6.07, 6.45) is 2.37. The van der Waals surface area contributed by atoms with Crippen LogP contribution in [-0.2, 0) is 19.4 Å². The number of aryl methyl sites for hydroxylation is 3. The Bertz CT molecular complexity index is 595. The normalized spacial score (nSPS) is 12.7. The monoisotopic (exact) mass is 293 g/mol. The zero-order valence-electron chi connectivity index (χ0n) is 12.1. The summed E-state index contributed by atoms with van der Waals surface area (Å²) in [7, 11) is 0. The van der Waals surface area contributed by atoms with Crippen LogP contribution in [0, 0.1) is 6.92 Å². The van der Waals surface area contributed by atoms with Gasteiger partial charge >= 0.3 is 0 Å². The van der Waals surface area contributed by atoms with E-state index >= 15 is 0 Å². The first-order valence-corrected chi connectivity index (χ1v) is 7.29. The molecular weight excluding hydrogens is 274 g/mol. The molecule has 1 unspecified atom stereocenters. The van der Waals surface area contributed by atoms with Gasteiger partial charge in [0.05, 0.1) is 22.5 Å². The number of pyridine rings is 1. The first-order valence-electron chi connectivity index (χ1n) is 6.91. The fourth-order valence-electron chi connectivity index (χ4n) is 2.29. The molecule has 0 saturated carbocycles. The molecule has 0 spiro atoms. The molecule has 0 saturated heterocycles. The standard InChI is InChI=1S/C15H20ClN3O/c1-4-12-15(16)13(19(5-2)18-12)9-14(20)11-6-7-17-10(3)8-11/h6-8,14,20H,4-5,9H2,1-3H3. The average Bonchev–Trinajstić information content (AvgIpc) is 2.75. The second-order valence-electron chi connectivity index (χ2n) is 4.83. The van der Waals surface area contributed by atoms with Crippen molar-refractivity contribution in [3.05, 3.63) is 46.0 Å². The van der Waals surface area contributed by atoms with E-state index in [1.165, 1.54) is 0 Å². The highest BCUT2D eigenvalue weighted by Crippen LogP contribution is 2.27. The Labute approximate surface area is 124 Å². The van der Waals surface area contributed by atoms with Crippen LogP contribution >= 0.6 is 11.6 Å². The summed E-state index contributed by atoms with van der Waals surface area (Å²) in [5, 5.41) is 15.5. The predicted molar refractivity (Wildman–Crippen MR) is 79.9 cm³/mol. The summed E-state index contributed by atoms with van der Waals surface area (Å²) in [6.45, 7) is 6.71. The zero-order chi connectivity index (χ0) is 14.7. The van der Waals surface area contributed by atoms with E-state index in [2.05, 4.69) is 10.1 Å². The van der Waals surface area contributed by atoms with Crippen LogP contribution in [0.25, 0.3) is 0 Å². The Balaban J connectivity index is 2.27. The molecule has 2 rings (SSSR count). The van der Waals surface area contributed by atoms with Gasteiger partial charge in [-0.05, 0) is 38.0 Å². The molecule has 0 amide bonds. The van der Waals surface area contributed by atoms with E-state index in [9.17, 15) is 5.11 Å². The van der Waals surface area contributed by atoms with E-state index in [0.717, 1.165) is 35.6 Å². The van der Waals surface area contributed by atoms with Crippen molar-refractivity contribution in [2.45, 2.75) is 46.3 Å². The number of hydrogen-bond donors (Lipinski definition) is 1. The lowest BCUT2D eigenvalue weighted by Crippen LogP contribution is -2.09. The number of aliphatic hydroxyl groups is 1. The van der Waals surface area contributed by atoms with Crippen molar-refractivity contribution in [3.8, 4) is 0 Å². The fourth-order valence-corrected chi connectivity index (χ4v) is 2.63. The van der Waals surface area contributed by atoms with Crippen molar-refractivity contribution in [1.29, 1.82) is 0 Å². The smallest absolute Gasteiger partial charge is 0.0851 e. The molecule has 0 radical (unpaired) electrons. The van der Waals surface area contributed by atoms with Crippen LogP contribution in [0.1, 0.15) is 42.6 Å². The summed E-state index contributed by atoms with van der Waals surface area (Å²) in [5.74, 6) is 0. The quantitative estimate of drug-likeness (QED) is 0.921. The lowest BCUT2D eigenvalue weighted by atomic mass is 10.0. The zero-order valence-corrected chi connectivity index (χ0v) is 12.9. The van der Waals surface area contributed by atoms with E-state index in [0.29, 0.717) is 11.4 Å². The van der Waals surface area contributed by atoms with Crippen LogP contribution in [0.4, 0.5) is 0 Å². The highest BCUT2D eigenvalue weighted by Gasteiger charge is 2.18. The maximum atomic E-state index is 10.4. The van der Waals surface area contributed by atoms with Gasteiger partial charge in [0, 0.05) is 24.9 Å². The summed E-state index contributed by atoms with van der Waals surface area (Å²) in [4.78, 5) is 4.14. The Kier molecular flexibility index (Phi) is 4.78. The molecule has 0 aliphatic heterocycles. The topological polar surface area (TPSA) is 50.9 Å². The maximum Gasteiger partial charge on any atom is 0.0851 e. The molecular formula is C15H20ClN3O. The number of halogens is 1. The van der Waals surface area contributed by atoms with E-state index in [1.807, 2.05) is 37.6 Å². The van der Waals surface area contributed by atoms with E-state index in [4.69, 9.17) is 11.6 Å². The minimum Gasteiger partial charge on any atom is -0.388 e. The third kappa shape index (κ3) is 3.02. The van der Waals surface area contributed by atoms with Gasteiger partial charge in [0.15, 0.2) is 0 Å². The Morgan fingerprint density at radius 1 is 1.40 bits per heavy atom. The molecule has 2 heterocycles. The Morgan fingerprint density at radius 2 is 2.15 bits per heavy atom. The van der Waals surface area contributed by atoms with Crippen molar-refractivity contribution < 1.29 is 5.11 Å². The van der Waals surface area contributed by atoms with Crippen molar-refractivity contribution >= 4 is 11.6 Å². The minimum atomic E-state index is -0.596. The second kappa shape index (κ2) is 6.37. The number of nitrogens with zero attached hydrogens (tertiary/aromatic N) is 3. The summed E-state index contributed by atoms with van der Waals surface area (Å²) < 4.78 is 1.87. The minimum absolute atomic E-state index is 0.461. The number of aliphatic hydroxyl groups excluding tert-OH is 1. The molecule has 0 aliphatic rings. The first-order chi connectivity index (χ1) is 9.56. The summed E-state index contributed by atoms with van der Waals surface area (Å²) in [6, 6.07) is 3.73. The first kappa shape index (κ1) is 15.0. The molecule has 0 aliphatic carbocycles. The molecule has 4 nitrogen and oxygen atoms in total. The Morgan fingerprint density at radius 3 is 2.75 bits per heavy atom. The van der Waals surface area contributed by atoms with Gasteiger partial charge in [-0.25, -0.2) is 0 Å². The van der Waals surface area contributed by atoms with Gasteiger partial charge in [-0.1, -0.05) is 18.5 Å². The molecule has 108 valence electrons. The van der Waals surface area contributed by atoms with Crippen molar-refractivity contribution in [1.82, 2.24) is 14.8 Å². The lowest BCUT2D eigenvalue weighted by Gasteiger charge is -2.13. The fraction of sp³-hybridized carbons (Fsp3) is 0.467. The van der Waals surface area contributed by atoms with Gasteiger partial charge in [-0.2, -0.15) is 5.10 Å². The van der Waals surface area contributed by atoms with Gasteiger partial charge in [-0.3, -0.25) is 9.67 Å². The SMILES string of the molecule is CCc1nn(CC)c(CC(O)c2ccnc(C)c2)c1Cl. The predicted octanol–water partition coefficient (Wildman–Crippen LogP) is 3.10. The van der Waals surface area contributed by atoms with Crippen LogP contribution in [-0.4, -0.2) is 19.9 Å². The number of rotatable bonds is 5. The third-order valence-corrected chi connectivity index (χ3v) is 3.82. The molecule has 0 bridgehead atoms. The molecule has 0 aromatic carbocycles. The highest BCUT2D eigenvalue weighted by atomic mass is 35.5. The average molecular weight is 294 g/mol. The molecule has 2 aromatic heterocycles. The van der Waals surface area contributed by atoms with Crippen LogP contribution in [0.3, 0.4) is 0 Å². The lowest BCUT2D eigenvalue weighted by molar-refractivity contribution is 0.175. The molecule has 1 N–H and O–H groups in total. The summed E-state index contributed by atoms with van der Waals surface area (Å²) in [5.41, 5.74) is 3.54. The van der Waals surface area contributed by atoms with Crippen LogP contribution in [0.5, 0.6) is 0 Å². The molecule has 2 aromatic rings. The van der Waals surface area contributed by atoms with E-state index in [1.54, 1.807) is 6.20 Å². The molecule has 0 fully saturated rings. The summed E-state index contributed by atoms with van der Waals surface area (Å²) >= 11 is 6.36. The largest absolute Gasteiger partial charge is 0.388 e. The Hall–Kier alpha value is -1.39. The molecule has 5 heteroatoms. The van der Waals surface area contributed by atoms with Gasteiger partial charge < -0.3 is 5.11 Å². The van der Waals surface area contributed by atoms with Crippen molar-refractivity contribution in [2.75, 3.05) is 0 Å². The maximum absolute atomic E-state index is 10.4. The van der Waals surface area contributed by atoms with E-state index in [-0.39, 0.29) is 0 Å². The second-order valence-corrected chi connectivity index (χ2v) is 5.21. The van der Waals surface area contributed by atoms with Crippen molar-refractivity contribution in [3.63, 3.8) is 0 Å². The number of hydrogen-bond acceptors (Lipinski definition) is 3. The van der Waals surface area contributed by atoms with Crippen molar-refractivity contribution in [2.24, 2.45) is 0 Å². The third-order valence-electron chi connectivity index (χ3n) is 3.39. The van der Waals surface area contributed by atoms with Crippen LogP contribution < -0.4 is 0 Å².